The second-order valence-electron chi connectivity index (χ2n) is 8.00. The van der Waals surface area contributed by atoms with Crippen LogP contribution in [0.3, 0.4) is 0 Å². The fraction of sp³-hybridized carbons (Fsp3) is 0.435. The highest BCUT2D eigenvalue weighted by atomic mass is 16.5. The van der Waals surface area contributed by atoms with E-state index in [0.717, 1.165) is 34.6 Å². The summed E-state index contributed by atoms with van der Waals surface area (Å²) < 4.78 is 12.1. The number of benzene rings is 2. The number of carbonyl (C=O) groups excluding carboxylic acids is 1. The SMILES string of the molecule is CC[C@H](Oc1cccc(C)c1)C(=O)N[C@@H]1CC(C)(C)Oc2cc(C)ccc21. The zero-order chi connectivity index (χ0) is 19.6. The Morgan fingerprint density at radius 2 is 1.96 bits per heavy atom. The zero-order valence-corrected chi connectivity index (χ0v) is 16.8. The van der Waals surface area contributed by atoms with Gasteiger partial charge in [-0.2, -0.15) is 0 Å². The summed E-state index contributed by atoms with van der Waals surface area (Å²) in [6.45, 7) is 10.1. The van der Waals surface area contributed by atoms with Crippen molar-refractivity contribution in [1.29, 1.82) is 0 Å². The van der Waals surface area contributed by atoms with Crippen LogP contribution in [-0.2, 0) is 4.79 Å². The Morgan fingerprint density at radius 1 is 1.22 bits per heavy atom. The van der Waals surface area contributed by atoms with Crippen LogP contribution in [0.5, 0.6) is 11.5 Å². The predicted octanol–water partition coefficient (Wildman–Crippen LogP) is 4.88. The van der Waals surface area contributed by atoms with Crippen molar-refractivity contribution in [2.75, 3.05) is 0 Å². The van der Waals surface area contributed by atoms with Crippen LogP contribution in [-0.4, -0.2) is 17.6 Å². The average molecular weight is 367 g/mol. The summed E-state index contributed by atoms with van der Waals surface area (Å²) in [6.07, 6.45) is 0.801. The van der Waals surface area contributed by atoms with Gasteiger partial charge in [0.15, 0.2) is 6.10 Å². The van der Waals surface area contributed by atoms with Gasteiger partial charge in [-0.3, -0.25) is 4.79 Å². The second kappa shape index (κ2) is 7.63. The number of aryl methyl sites for hydroxylation is 2. The Hall–Kier alpha value is -2.49. The van der Waals surface area contributed by atoms with Crippen LogP contribution in [0.2, 0.25) is 0 Å². The largest absolute Gasteiger partial charge is 0.487 e. The van der Waals surface area contributed by atoms with E-state index < -0.39 is 6.10 Å². The van der Waals surface area contributed by atoms with Gasteiger partial charge in [0, 0.05) is 12.0 Å². The molecule has 1 N–H and O–H groups in total. The quantitative estimate of drug-likeness (QED) is 0.819. The third-order valence-electron chi connectivity index (χ3n) is 4.87. The van der Waals surface area contributed by atoms with Gasteiger partial charge in [0.2, 0.25) is 0 Å². The van der Waals surface area contributed by atoms with Crippen LogP contribution in [0.25, 0.3) is 0 Å². The maximum atomic E-state index is 12.9. The lowest BCUT2D eigenvalue weighted by atomic mass is 9.89. The van der Waals surface area contributed by atoms with E-state index in [1.54, 1.807) is 0 Å². The summed E-state index contributed by atoms with van der Waals surface area (Å²) in [7, 11) is 0. The minimum absolute atomic E-state index is 0.0896. The monoisotopic (exact) mass is 367 g/mol. The molecule has 0 bridgehead atoms. The molecule has 2 aromatic carbocycles. The molecule has 3 rings (SSSR count). The lowest BCUT2D eigenvalue weighted by molar-refractivity contribution is -0.129. The Morgan fingerprint density at radius 3 is 2.67 bits per heavy atom. The summed E-state index contributed by atoms with van der Waals surface area (Å²) >= 11 is 0. The Kier molecular flexibility index (Phi) is 5.45. The number of hydrogen-bond acceptors (Lipinski definition) is 3. The van der Waals surface area contributed by atoms with E-state index in [1.807, 2.05) is 57.2 Å². The number of carbonyl (C=O) groups is 1. The third kappa shape index (κ3) is 4.62. The number of fused-ring (bicyclic) bond motifs is 1. The fourth-order valence-electron chi connectivity index (χ4n) is 3.53. The highest BCUT2D eigenvalue weighted by Crippen LogP contribution is 2.40. The van der Waals surface area contributed by atoms with Crippen LogP contribution >= 0.6 is 0 Å². The van der Waals surface area contributed by atoms with E-state index in [1.165, 1.54) is 0 Å². The van der Waals surface area contributed by atoms with E-state index >= 15 is 0 Å². The molecule has 1 heterocycles. The van der Waals surface area contributed by atoms with E-state index in [9.17, 15) is 4.79 Å². The van der Waals surface area contributed by atoms with Gasteiger partial charge in [-0.25, -0.2) is 0 Å². The Labute approximate surface area is 161 Å². The highest BCUT2D eigenvalue weighted by Gasteiger charge is 2.35. The smallest absolute Gasteiger partial charge is 0.261 e. The molecule has 0 unspecified atom stereocenters. The minimum atomic E-state index is -0.522. The Balaban J connectivity index is 1.77. The summed E-state index contributed by atoms with van der Waals surface area (Å²) in [4.78, 5) is 12.9. The average Bonchev–Trinajstić information content (AvgIpc) is 2.58. The molecular weight excluding hydrogens is 338 g/mol. The van der Waals surface area contributed by atoms with Crippen molar-refractivity contribution < 1.29 is 14.3 Å². The molecular formula is C23H29NO3. The molecule has 0 spiro atoms. The molecule has 0 saturated heterocycles. The maximum absolute atomic E-state index is 12.9. The maximum Gasteiger partial charge on any atom is 0.261 e. The molecule has 4 heteroatoms. The molecule has 2 aromatic rings. The van der Waals surface area contributed by atoms with Crippen LogP contribution in [0.15, 0.2) is 42.5 Å². The molecule has 0 aromatic heterocycles. The van der Waals surface area contributed by atoms with Crippen molar-refractivity contribution in [2.24, 2.45) is 0 Å². The van der Waals surface area contributed by atoms with Crippen LogP contribution in [0.4, 0.5) is 0 Å². The fourth-order valence-corrected chi connectivity index (χ4v) is 3.53. The zero-order valence-electron chi connectivity index (χ0n) is 16.8. The van der Waals surface area contributed by atoms with Crippen molar-refractivity contribution in [1.82, 2.24) is 5.32 Å². The van der Waals surface area contributed by atoms with E-state index in [0.29, 0.717) is 6.42 Å². The van der Waals surface area contributed by atoms with E-state index in [4.69, 9.17) is 9.47 Å². The molecule has 144 valence electrons. The molecule has 0 radical (unpaired) electrons. The summed E-state index contributed by atoms with van der Waals surface area (Å²) in [6, 6.07) is 13.8. The molecule has 4 nitrogen and oxygen atoms in total. The highest BCUT2D eigenvalue weighted by molar-refractivity contribution is 5.81. The van der Waals surface area contributed by atoms with Gasteiger partial charge >= 0.3 is 0 Å². The molecule has 0 aliphatic carbocycles. The standard InChI is InChI=1S/C23H29NO3/c1-6-20(26-17-9-7-8-15(2)12-17)22(25)24-19-14-23(4,5)27-21-13-16(3)10-11-18(19)21/h7-13,19-20H,6,14H2,1-5H3,(H,24,25)/t19-,20+/m1/s1. The van der Waals surface area contributed by atoms with Crippen LogP contribution < -0.4 is 14.8 Å². The van der Waals surface area contributed by atoms with Gasteiger partial charge in [0.25, 0.3) is 5.91 Å². The van der Waals surface area contributed by atoms with Gasteiger partial charge in [-0.15, -0.1) is 0 Å². The van der Waals surface area contributed by atoms with Crippen LogP contribution in [0, 0.1) is 13.8 Å². The first-order chi connectivity index (χ1) is 12.8. The van der Waals surface area contributed by atoms with Crippen molar-refractivity contribution in [3.8, 4) is 11.5 Å². The first kappa shape index (κ1) is 19.3. The minimum Gasteiger partial charge on any atom is -0.487 e. The molecule has 1 aliphatic rings. The predicted molar refractivity (Wildman–Crippen MR) is 107 cm³/mol. The number of hydrogen-bond donors (Lipinski definition) is 1. The van der Waals surface area contributed by atoms with Gasteiger partial charge in [-0.1, -0.05) is 31.2 Å². The van der Waals surface area contributed by atoms with E-state index in [2.05, 4.69) is 25.2 Å². The van der Waals surface area contributed by atoms with Crippen LogP contribution in [0.1, 0.15) is 56.3 Å². The molecule has 0 fully saturated rings. The van der Waals surface area contributed by atoms with Crippen molar-refractivity contribution in [3.63, 3.8) is 0 Å². The van der Waals surface area contributed by atoms with Crippen molar-refractivity contribution in [3.05, 3.63) is 59.2 Å². The Bertz CT molecular complexity index is 828. The molecule has 27 heavy (non-hydrogen) atoms. The van der Waals surface area contributed by atoms with E-state index in [-0.39, 0.29) is 17.6 Å². The number of nitrogens with one attached hydrogen (secondary N) is 1. The first-order valence-corrected chi connectivity index (χ1v) is 9.60. The first-order valence-electron chi connectivity index (χ1n) is 9.60. The summed E-state index contributed by atoms with van der Waals surface area (Å²) in [5, 5.41) is 3.19. The number of ether oxygens (including phenoxy) is 2. The van der Waals surface area contributed by atoms with Gasteiger partial charge in [-0.05, 0) is 63.4 Å². The number of rotatable bonds is 5. The lowest BCUT2D eigenvalue weighted by Crippen LogP contribution is -2.45. The molecule has 2 atom stereocenters. The summed E-state index contributed by atoms with van der Waals surface area (Å²) in [5.41, 5.74) is 2.94. The molecule has 0 saturated carbocycles. The third-order valence-corrected chi connectivity index (χ3v) is 4.87. The molecule has 1 amide bonds. The lowest BCUT2D eigenvalue weighted by Gasteiger charge is -2.38. The van der Waals surface area contributed by atoms with Gasteiger partial charge < -0.3 is 14.8 Å². The summed E-state index contributed by atoms with van der Waals surface area (Å²) in [5.74, 6) is 1.48. The van der Waals surface area contributed by atoms with Gasteiger partial charge in [0.1, 0.15) is 17.1 Å². The molecule has 1 aliphatic heterocycles. The normalized spacial score (nSPS) is 18.8. The topological polar surface area (TPSA) is 47.6 Å². The second-order valence-corrected chi connectivity index (χ2v) is 8.00. The van der Waals surface area contributed by atoms with Gasteiger partial charge in [0.05, 0.1) is 6.04 Å². The van der Waals surface area contributed by atoms with Crippen molar-refractivity contribution in [2.45, 2.75) is 65.2 Å². The van der Waals surface area contributed by atoms with Crippen molar-refractivity contribution >= 4 is 5.91 Å². The number of amides is 1.